The fourth-order valence-corrected chi connectivity index (χ4v) is 6.67. The average molecular weight is 1040 g/mol. The molecule has 2 fully saturated rings. The molecule has 0 bridgehead atoms. The third-order valence-electron chi connectivity index (χ3n) is 12.2. The number of amides is 2. The molecule has 0 heterocycles. The van der Waals surface area contributed by atoms with Crippen molar-refractivity contribution in [2.24, 2.45) is 52.4 Å². The van der Waals surface area contributed by atoms with E-state index in [1.165, 1.54) is 91.3 Å². The Morgan fingerprint density at radius 2 is 1.15 bits per heavy atom. The van der Waals surface area contributed by atoms with Crippen LogP contribution in [0.25, 0.3) is 0 Å². The number of hydrogen-bond acceptors (Lipinski definition) is 9. The number of carbonyl (C=O) groups is 7. The molecule has 72 heavy (non-hydrogen) atoms. The lowest BCUT2D eigenvalue weighted by Crippen LogP contribution is -2.37. The van der Waals surface area contributed by atoms with Crippen LogP contribution in [0.2, 0.25) is 0 Å². The van der Waals surface area contributed by atoms with Crippen LogP contribution in [0, 0.1) is 40.9 Å². The second-order valence-corrected chi connectivity index (χ2v) is 19.6. The van der Waals surface area contributed by atoms with E-state index in [0.717, 1.165) is 32.1 Å². The lowest BCUT2D eigenvalue weighted by atomic mass is 9.76. The lowest BCUT2D eigenvalue weighted by molar-refractivity contribution is -0.144. The molecule has 0 aliphatic heterocycles. The van der Waals surface area contributed by atoms with Gasteiger partial charge in [0.15, 0.2) is 5.78 Å². The number of rotatable bonds is 20. The predicted octanol–water partition coefficient (Wildman–Crippen LogP) is 14.8. The standard InChI is InChI=1S/C13H24O.C11H14N2O2.C9H16O2.C9H18O.C8H16O2.C3H6.C2H7P.2C2H6.CH5N/c1-3-4-10-13(11(2)14)12-8-6-5-7-9-12;1-2-9(14)13-10(11(12)15)8-6-4-3-5-7-8;1-5-6(2)7(3)9(11)8(4)10;1-5-7(3)9(6-2)8(4)10;1-5-8(3,4)6-10-7(2)9;1-2-3-1;1-2-3;3*1-2/h12-13H,3-10H2,1-2H3;3-7,10H,2H2,1H3,(H2,12,15)(H,13,14);6-7H,5H2,1-4H3;7,9H,5-6H2,1-4H3;5-6H2,1-4H3;1-3H2;2-3H2,1H3;2*1-2H3;2H2,1H3. The van der Waals surface area contributed by atoms with Crippen molar-refractivity contribution in [3.05, 3.63) is 35.9 Å². The van der Waals surface area contributed by atoms with Gasteiger partial charge in [-0.05, 0) is 87.9 Å². The number of benzene rings is 1. The van der Waals surface area contributed by atoms with E-state index >= 15 is 0 Å². The molecule has 5 N–H and O–H groups in total. The highest BCUT2D eigenvalue weighted by atomic mass is 31.0. The first-order valence-corrected chi connectivity index (χ1v) is 28.8. The quantitative estimate of drug-likeness (QED) is 0.0647. The first kappa shape index (κ1) is 82.7. The molecule has 2 aliphatic carbocycles. The van der Waals surface area contributed by atoms with Gasteiger partial charge >= 0.3 is 5.97 Å². The summed E-state index contributed by atoms with van der Waals surface area (Å²) in [6, 6.07) is 8.20. The minimum atomic E-state index is -0.737. The van der Waals surface area contributed by atoms with E-state index in [0.29, 0.717) is 59.7 Å². The summed E-state index contributed by atoms with van der Waals surface area (Å²) in [5, 5.41) is 2.57. The molecule has 2 saturated carbocycles. The van der Waals surface area contributed by atoms with Crippen LogP contribution in [0.1, 0.15) is 253 Å². The van der Waals surface area contributed by atoms with Gasteiger partial charge in [-0.1, -0.05) is 205 Å². The molecule has 0 spiro atoms. The van der Waals surface area contributed by atoms with Crippen molar-refractivity contribution in [3.63, 3.8) is 0 Å². The number of nitrogens with one attached hydrogen (secondary N) is 1. The van der Waals surface area contributed by atoms with E-state index in [9.17, 15) is 33.6 Å². The molecule has 0 saturated heterocycles. The molecule has 11 nitrogen and oxygen atoms in total. The Labute approximate surface area is 447 Å². The monoisotopic (exact) mass is 1040 g/mol. The van der Waals surface area contributed by atoms with Crippen molar-refractivity contribution in [1.29, 1.82) is 0 Å². The van der Waals surface area contributed by atoms with Gasteiger partial charge in [0.05, 0.1) is 6.61 Å². The fraction of sp³-hybridized carbons (Fsp3) is 0.783. The second kappa shape index (κ2) is 57.0. The summed E-state index contributed by atoms with van der Waals surface area (Å²) in [4.78, 5) is 77.0. The molecule has 426 valence electrons. The van der Waals surface area contributed by atoms with Gasteiger partial charge in [-0.25, -0.2) is 0 Å². The Balaban J connectivity index is -0.000000140. The van der Waals surface area contributed by atoms with E-state index in [1.54, 1.807) is 45.0 Å². The van der Waals surface area contributed by atoms with Crippen molar-refractivity contribution in [2.45, 2.75) is 247 Å². The summed E-state index contributed by atoms with van der Waals surface area (Å²) >= 11 is 0. The van der Waals surface area contributed by atoms with Gasteiger partial charge in [0, 0.05) is 38.0 Å². The van der Waals surface area contributed by atoms with Crippen LogP contribution in [0.5, 0.6) is 0 Å². The molecule has 1 aromatic carbocycles. The largest absolute Gasteiger partial charge is 0.465 e. The average Bonchev–Trinajstić information content (AvgIpc) is 4.28. The molecular weight excluding hydrogens is 922 g/mol. The number of ether oxygens (including phenoxy) is 1. The first-order chi connectivity index (χ1) is 33.9. The van der Waals surface area contributed by atoms with E-state index in [1.807, 2.05) is 54.5 Å². The normalized spacial score (nSPS) is 14.2. The van der Waals surface area contributed by atoms with Crippen LogP contribution in [0.4, 0.5) is 0 Å². The van der Waals surface area contributed by atoms with Crippen molar-refractivity contribution < 1.29 is 38.3 Å². The predicted molar refractivity (Wildman–Crippen MR) is 313 cm³/mol. The maximum atomic E-state index is 11.5. The van der Waals surface area contributed by atoms with Crippen molar-refractivity contribution in [2.75, 3.05) is 19.8 Å². The molecule has 7 atom stereocenters. The minimum Gasteiger partial charge on any atom is -0.465 e. The molecule has 3 rings (SSSR count). The third kappa shape index (κ3) is 51.6. The molecular formula is C60H118N3O8P. The number of primary amides is 1. The lowest BCUT2D eigenvalue weighted by Gasteiger charge is -2.28. The Hall–Kier alpha value is -3.30. The number of unbranched alkanes of at least 4 members (excludes halogenated alkanes) is 1. The van der Waals surface area contributed by atoms with E-state index in [4.69, 9.17) is 10.5 Å². The Morgan fingerprint density at radius 1 is 0.708 bits per heavy atom. The number of carbonyl (C=O) groups excluding carboxylic acids is 7. The second-order valence-electron chi connectivity index (χ2n) is 18.8. The van der Waals surface area contributed by atoms with Gasteiger partial charge in [-0.2, -0.15) is 0 Å². The molecule has 2 aliphatic rings. The summed E-state index contributed by atoms with van der Waals surface area (Å²) in [5.41, 5.74) is 10.5. The first-order valence-electron chi connectivity index (χ1n) is 28.0. The van der Waals surface area contributed by atoms with Crippen LogP contribution in [0.3, 0.4) is 0 Å². The van der Waals surface area contributed by atoms with Crippen molar-refractivity contribution in [3.8, 4) is 0 Å². The van der Waals surface area contributed by atoms with Crippen molar-refractivity contribution >= 4 is 50.2 Å². The molecule has 7 unspecified atom stereocenters. The molecule has 0 radical (unpaired) electrons. The summed E-state index contributed by atoms with van der Waals surface area (Å²) in [7, 11) is 4.08. The van der Waals surface area contributed by atoms with Crippen LogP contribution in [0.15, 0.2) is 30.3 Å². The van der Waals surface area contributed by atoms with Crippen LogP contribution >= 0.6 is 9.24 Å². The SMILES string of the molecule is C1CC1.CC.CC.CCC(=O)NC(C(N)=O)c1ccccc1.CCC(C)(C)COC(C)=O.CCC(C)C(C)C(=O)C(C)=O.CCC(C)C(CC)C(C)=O.CCCCC(C(C)=O)C1CCCCC1.CCP.CN. The third-order valence-corrected chi connectivity index (χ3v) is 12.2. The number of ketones is 4. The molecule has 0 aromatic heterocycles. The zero-order chi connectivity index (χ0) is 57.8. The van der Waals surface area contributed by atoms with E-state index in [-0.39, 0.29) is 34.8 Å². The van der Waals surface area contributed by atoms with Crippen LogP contribution in [-0.2, 0) is 38.3 Å². The van der Waals surface area contributed by atoms with Gasteiger partial charge < -0.3 is 21.5 Å². The summed E-state index contributed by atoms with van der Waals surface area (Å²) in [5.74, 6) is 1.44. The highest BCUT2D eigenvalue weighted by Crippen LogP contribution is 2.33. The highest BCUT2D eigenvalue weighted by molar-refractivity contribution is 7.16. The summed E-state index contributed by atoms with van der Waals surface area (Å²) in [6.07, 6.45) is 20.3. The van der Waals surface area contributed by atoms with E-state index < -0.39 is 11.9 Å². The topological polar surface area (TPSA) is 193 Å². The van der Waals surface area contributed by atoms with E-state index in [2.05, 4.69) is 75.7 Å². The Kier molecular flexibility index (Phi) is 65.5. The Bertz CT molecular complexity index is 1440. The van der Waals surface area contributed by atoms with Crippen molar-refractivity contribution in [1.82, 2.24) is 5.32 Å². The number of hydrogen-bond donors (Lipinski definition) is 3. The van der Waals surface area contributed by atoms with Crippen LogP contribution < -0.4 is 16.8 Å². The van der Waals surface area contributed by atoms with Crippen LogP contribution in [-0.4, -0.2) is 60.7 Å². The zero-order valence-electron chi connectivity index (χ0n) is 50.7. The van der Waals surface area contributed by atoms with Gasteiger partial charge in [0.1, 0.15) is 17.6 Å². The molecule has 12 heteroatoms. The molecule has 2 amide bonds. The number of esters is 1. The zero-order valence-corrected chi connectivity index (χ0v) is 51.8. The van der Waals surface area contributed by atoms with Gasteiger partial charge in [0.2, 0.25) is 17.6 Å². The summed E-state index contributed by atoms with van der Waals surface area (Å²) in [6.45, 7) is 39.2. The Morgan fingerprint density at radius 3 is 1.44 bits per heavy atom. The van der Waals surface area contributed by atoms with Gasteiger partial charge in [-0.3, -0.25) is 33.6 Å². The minimum absolute atomic E-state index is 0.113. The maximum absolute atomic E-state index is 11.5. The molecule has 1 aromatic rings. The fourth-order valence-electron chi connectivity index (χ4n) is 6.67. The van der Waals surface area contributed by atoms with Gasteiger partial charge in [0.25, 0.3) is 0 Å². The number of nitrogens with two attached hydrogens (primary N) is 2. The smallest absolute Gasteiger partial charge is 0.302 e. The number of Topliss-reactive ketones (excluding diaryl/α,β-unsaturated/α-hetero) is 4. The maximum Gasteiger partial charge on any atom is 0.302 e. The summed E-state index contributed by atoms with van der Waals surface area (Å²) < 4.78 is 4.86. The van der Waals surface area contributed by atoms with Gasteiger partial charge in [-0.15, -0.1) is 9.24 Å². The highest BCUT2D eigenvalue weighted by Gasteiger charge is 2.26.